The maximum absolute atomic E-state index is 10.5. The van der Waals surface area contributed by atoms with Crippen LogP contribution in [0.15, 0.2) is 0 Å². The molecule has 0 radical (unpaired) electrons. The highest BCUT2D eigenvalue weighted by Gasteiger charge is 2.22. The van der Waals surface area contributed by atoms with Crippen molar-refractivity contribution in [2.75, 3.05) is 6.61 Å². The minimum atomic E-state index is -2.24. The van der Waals surface area contributed by atoms with Gasteiger partial charge in [-0.05, 0) is 6.92 Å². The van der Waals surface area contributed by atoms with Crippen molar-refractivity contribution in [2.45, 2.75) is 25.4 Å². The van der Waals surface area contributed by atoms with Gasteiger partial charge in [0.25, 0.3) is 6.29 Å². The summed E-state index contributed by atoms with van der Waals surface area (Å²) >= 11 is 0. The van der Waals surface area contributed by atoms with Crippen molar-refractivity contribution in [1.82, 2.24) is 0 Å². The Bertz CT molecular complexity index is 143. The number of rotatable bonds is 4. The fourth-order valence-electron chi connectivity index (χ4n) is 0.498. The number of hydrogen-bond acceptors (Lipinski definition) is 6. The maximum Gasteiger partial charge on any atom is 0.363 e. The Morgan fingerprint density at radius 1 is 1.42 bits per heavy atom. The highest BCUT2D eigenvalue weighted by Crippen LogP contribution is 1.99. The van der Waals surface area contributed by atoms with Crippen molar-refractivity contribution in [3.05, 3.63) is 0 Å². The molecule has 0 aliphatic rings. The van der Waals surface area contributed by atoms with Gasteiger partial charge in [-0.15, -0.1) is 0 Å². The quantitative estimate of drug-likeness (QED) is 0.283. The van der Waals surface area contributed by atoms with Gasteiger partial charge in [-0.1, -0.05) is 0 Å². The minimum absolute atomic E-state index is 0.573. The van der Waals surface area contributed by atoms with Crippen molar-refractivity contribution in [3.8, 4) is 0 Å². The van der Waals surface area contributed by atoms with Gasteiger partial charge in [-0.3, -0.25) is 0 Å². The van der Waals surface area contributed by atoms with E-state index in [1.54, 1.807) is 0 Å². The summed E-state index contributed by atoms with van der Waals surface area (Å²) in [4.78, 5) is 10.5. The maximum atomic E-state index is 10.5. The molecular formula is C6H12O6. The van der Waals surface area contributed by atoms with Crippen LogP contribution >= 0.6 is 0 Å². The predicted octanol–water partition coefficient (Wildman–Crippen LogP) is -2.42. The number of carbonyl (C=O) groups excluding carboxylic acids is 1. The normalized spacial score (nSPS) is 15.8. The lowest BCUT2D eigenvalue weighted by Gasteiger charge is -2.18. The average molecular weight is 180 g/mol. The second-order valence-corrected chi connectivity index (χ2v) is 2.27. The standard InChI is InChI=1S/C6H12O6/c1-3(8)4(2-7)12-6(11)5(9)10/h3-5,7-10H,2H2,1H3/t3-,4?/m0/s1. The number of carbonyl (C=O) groups is 1. The molecule has 0 amide bonds. The zero-order chi connectivity index (χ0) is 9.72. The van der Waals surface area contributed by atoms with E-state index < -0.39 is 31.1 Å². The van der Waals surface area contributed by atoms with Gasteiger partial charge in [0.05, 0.1) is 12.7 Å². The third kappa shape index (κ3) is 3.63. The van der Waals surface area contributed by atoms with E-state index in [2.05, 4.69) is 4.74 Å². The van der Waals surface area contributed by atoms with E-state index in [1.807, 2.05) is 0 Å². The Morgan fingerprint density at radius 3 is 2.17 bits per heavy atom. The molecule has 0 fully saturated rings. The molecule has 4 N–H and O–H groups in total. The monoisotopic (exact) mass is 180 g/mol. The van der Waals surface area contributed by atoms with E-state index in [1.165, 1.54) is 6.92 Å². The molecule has 0 aromatic rings. The van der Waals surface area contributed by atoms with Crippen LogP contribution in [0.4, 0.5) is 0 Å². The molecule has 0 saturated carbocycles. The molecule has 0 spiro atoms. The molecule has 6 nitrogen and oxygen atoms in total. The molecule has 0 rings (SSSR count). The molecule has 2 atom stereocenters. The molecule has 12 heavy (non-hydrogen) atoms. The van der Waals surface area contributed by atoms with E-state index in [4.69, 9.17) is 20.4 Å². The predicted molar refractivity (Wildman–Crippen MR) is 36.9 cm³/mol. The first-order valence-corrected chi connectivity index (χ1v) is 3.34. The lowest BCUT2D eigenvalue weighted by molar-refractivity contribution is -0.185. The van der Waals surface area contributed by atoms with Crippen LogP contribution in [0.3, 0.4) is 0 Å². The number of aliphatic hydroxyl groups is 4. The van der Waals surface area contributed by atoms with Crippen LogP contribution < -0.4 is 0 Å². The Morgan fingerprint density at radius 2 is 1.92 bits per heavy atom. The molecule has 0 aromatic heterocycles. The van der Waals surface area contributed by atoms with Gasteiger partial charge in [-0.2, -0.15) is 0 Å². The third-order valence-electron chi connectivity index (χ3n) is 1.20. The Labute approximate surface area is 69.0 Å². The number of esters is 1. The summed E-state index contributed by atoms with van der Waals surface area (Å²) in [5, 5.41) is 33.9. The summed E-state index contributed by atoms with van der Waals surface area (Å²) in [6.07, 6.45) is -4.42. The molecule has 0 saturated heterocycles. The van der Waals surface area contributed by atoms with Crippen LogP contribution in [0.5, 0.6) is 0 Å². The first kappa shape index (κ1) is 11.3. The van der Waals surface area contributed by atoms with Crippen molar-refractivity contribution in [1.29, 1.82) is 0 Å². The fraction of sp³-hybridized carbons (Fsp3) is 0.833. The van der Waals surface area contributed by atoms with Crippen LogP contribution in [0.1, 0.15) is 6.92 Å². The molecule has 1 unspecified atom stereocenters. The second kappa shape index (κ2) is 5.04. The van der Waals surface area contributed by atoms with E-state index in [0.29, 0.717) is 0 Å². The highest BCUT2D eigenvalue weighted by atomic mass is 16.6. The Hall–Kier alpha value is -0.690. The second-order valence-electron chi connectivity index (χ2n) is 2.27. The molecule has 0 heterocycles. The molecule has 0 bridgehead atoms. The first-order valence-electron chi connectivity index (χ1n) is 3.34. The van der Waals surface area contributed by atoms with Crippen LogP contribution in [-0.2, 0) is 9.53 Å². The summed E-state index contributed by atoms with van der Waals surface area (Å²) in [5.74, 6) is -1.30. The largest absolute Gasteiger partial charge is 0.453 e. The molecule has 0 aromatic carbocycles. The number of aliphatic hydroxyl groups excluding tert-OH is 3. The summed E-state index contributed by atoms with van der Waals surface area (Å²) in [7, 11) is 0. The molecule has 0 aliphatic heterocycles. The number of ether oxygens (including phenoxy) is 1. The van der Waals surface area contributed by atoms with Crippen molar-refractivity contribution >= 4 is 5.97 Å². The zero-order valence-electron chi connectivity index (χ0n) is 6.54. The molecular weight excluding hydrogens is 168 g/mol. The van der Waals surface area contributed by atoms with E-state index >= 15 is 0 Å². The van der Waals surface area contributed by atoms with Gasteiger partial charge < -0.3 is 25.2 Å². The summed E-state index contributed by atoms with van der Waals surface area (Å²) in [5.41, 5.74) is 0. The van der Waals surface area contributed by atoms with Crippen LogP contribution in [0.2, 0.25) is 0 Å². The minimum Gasteiger partial charge on any atom is -0.453 e. The van der Waals surface area contributed by atoms with Gasteiger partial charge >= 0.3 is 5.97 Å². The van der Waals surface area contributed by atoms with E-state index in [-0.39, 0.29) is 0 Å². The average Bonchev–Trinajstić information content (AvgIpc) is 1.98. The van der Waals surface area contributed by atoms with Crippen LogP contribution in [0, 0.1) is 0 Å². The lowest BCUT2D eigenvalue weighted by atomic mass is 10.2. The van der Waals surface area contributed by atoms with E-state index in [0.717, 1.165) is 0 Å². The Kier molecular flexibility index (Phi) is 4.75. The van der Waals surface area contributed by atoms with Crippen LogP contribution in [0.25, 0.3) is 0 Å². The lowest BCUT2D eigenvalue weighted by Crippen LogP contribution is -2.36. The smallest absolute Gasteiger partial charge is 0.363 e. The SMILES string of the molecule is C[C@H](O)C(CO)OC(=O)C(O)O. The summed E-state index contributed by atoms with van der Waals surface area (Å²) in [6.45, 7) is 0.730. The zero-order valence-corrected chi connectivity index (χ0v) is 6.54. The van der Waals surface area contributed by atoms with Crippen molar-refractivity contribution < 1.29 is 30.0 Å². The van der Waals surface area contributed by atoms with Crippen LogP contribution in [-0.4, -0.2) is 51.5 Å². The van der Waals surface area contributed by atoms with Gasteiger partial charge in [0.2, 0.25) is 0 Å². The van der Waals surface area contributed by atoms with E-state index in [9.17, 15) is 4.79 Å². The Balaban J connectivity index is 3.94. The first-order chi connectivity index (χ1) is 5.49. The van der Waals surface area contributed by atoms with Gasteiger partial charge in [0.15, 0.2) is 6.10 Å². The van der Waals surface area contributed by atoms with Gasteiger partial charge in [0.1, 0.15) is 0 Å². The molecule has 0 aliphatic carbocycles. The van der Waals surface area contributed by atoms with Crippen molar-refractivity contribution in [3.63, 3.8) is 0 Å². The molecule has 72 valence electrons. The summed E-state index contributed by atoms with van der Waals surface area (Å²) in [6, 6.07) is 0. The van der Waals surface area contributed by atoms with Gasteiger partial charge in [0, 0.05) is 0 Å². The third-order valence-corrected chi connectivity index (χ3v) is 1.20. The fourth-order valence-corrected chi connectivity index (χ4v) is 0.498. The molecule has 6 heteroatoms. The highest BCUT2D eigenvalue weighted by molar-refractivity contribution is 5.72. The van der Waals surface area contributed by atoms with Gasteiger partial charge in [-0.25, -0.2) is 4.79 Å². The summed E-state index contributed by atoms with van der Waals surface area (Å²) < 4.78 is 4.28. The topological polar surface area (TPSA) is 107 Å². The van der Waals surface area contributed by atoms with Crippen molar-refractivity contribution in [2.24, 2.45) is 0 Å². The number of hydrogen-bond donors (Lipinski definition) is 4.